The van der Waals surface area contributed by atoms with Crippen molar-refractivity contribution in [2.45, 2.75) is 38.5 Å². The lowest BCUT2D eigenvalue weighted by Gasteiger charge is -2.17. The highest BCUT2D eigenvalue weighted by atomic mass is 16.5. The van der Waals surface area contributed by atoms with Crippen LogP contribution in [0.5, 0.6) is 0 Å². The molecule has 3 N–H and O–H groups in total. The summed E-state index contributed by atoms with van der Waals surface area (Å²) in [6.45, 7) is 8.34. The van der Waals surface area contributed by atoms with E-state index in [1.54, 1.807) is 6.08 Å². The molecule has 0 saturated carbocycles. The number of carbonyl (C=O) groups excluding carboxylic acids is 3. The number of aliphatic hydroxyl groups is 1. The Hall–Kier alpha value is -2.97. The van der Waals surface area contributed by atoms with Gasteiger partial charge in [0, 0.05) is 13.0 Å². The Balaban J connectivity index is 2.44. The lowest BCUT2D eigenvalue weighted by molar-refractivity contribution is -0.149. The van der Waals surface area contributed by atoms with Crippen LogP contribution < -0.4 is 10.6 Å². The van der Waals surface area contributed by atoms with Gasteiger partial charge < -0.3 is 25.2 Å². The molecule has 0 saturated heterocycles. The van der Waals surface area contributed by atoms with E-state index in [0.717, 1.165) is 18.4 Å². The summed E-state index contributed by atoms with van der Waals surface area (Å²) in [5.41, 5.74) is 1.08. The number of rotatable bonds is 20. The summed E-state index contributed by atoms with van der Waals surface area (Å²) in [5, 5.41) is 14.1. The highest BCUT2D eigenvalue weighted by Gasteiger charge is 2.22. The van der Waals surface area contributed by atoms with Crippen LogP contribution in [0, 0.1) is 11.8 Å². The molecule has 0 spiro atoms. The summed E-state index contributed by atoms with van der Waals surface area (Å²) >= 11 is 0. The van der Waals surface area contributed by atoms with Crippen molar-refractivity contribution in [2.24, 2.45) is 11.8 Å². The molecule has 2 atom stereocenters. The van der Waals surface area contributed by atoms with E-state index < -0.39 is 5.92 Å². The summed E-state index contributed by atoms with van der Waals surface area (Å²) in [7, 11) is 0. The monoisotopic (exact) mass is 488 g/mol. The minimum absolute atomic E-state index is 0.0140. The molecule has 0 unspecified atom stereocenters. The SMILES string of the molecule is C=CCCC[C@H](Cc1ccccc1)C(=O)OCCNC(=O)[C@@H](CC=C)CC(=O)NCCOCCO. The third kappa shape index (κ3) is 14.1. The second-order valence-corrected chi connectivity index (χ2v) is 8.18. The fourth-order valence-electron chi connectivity index (χ4n) is 3.51. The second-order valence-electron chi connectivity index (χ2n) is 8.18. The van der Waals surface area contributed by atoms with Crippen molar-refractivity contribution in [1.82, 2.24) is 10.6 Å². The maximum Gasteiger partial charge on any atom is 0.309 e. The van der Waals surface area contributed by atoms with Crippen molar-refractivity contribution in [3.05, 3.63) is 61.2 Å². The van der Waals surface area contributed by atoms with E-state index in [2.05, 4.69) is 23.8 Å². The van der Waals surface area contributed by atoms with E-state index in [4.69, 9.17) is 14.6 Å². The van der Waals surface area contributed by atoms with Gasteiger partial charge in [-0.05, 0) is 37.7 Å². The number of amides is 2. The van der Waals surface area contributed by atoms with Gasteiger partial charge in [-0.2, -0.15) is 0 Å². The fraction of sp³-hybridized carbons (Fsp3) is 0.519. The first-order valence-electron chi connectivity index (χ1n) is 12.2. The van der Waals surface area contributed by atoms with Gasteiger partial charge in [0.25, 0.3) is 0 Å². The fourth-order valence-corrected chi connectivity index (χ4v) is 3.51. The molecule has 0 aromatic heterocycles. The van der Waals surface area contributed by atoms with Crippen LogP contribution in [0.4, 0.5) is 0 Å². The highest BCUT2D eigenvalue weighted by molar-refractivity contribution is 5.85. The molecule has 8 nitrogen and oxygen atoms in total. The molecule has 8 heteroatoms. The van der Waals surface area contributed by atoms with Gasteiger partial charge >= 0.3 is 5.97 Å². The van der Waals surface area contributed by atoms with Gasteiger partial charge in [0.1, 0.15) is 6.61 Å². The molecule has 1 rings (SSSR count). The van der Waals surface area contributed by atoms with Crippen molar-refractivity contribution >= 4 is 17.8 Å². The normalized spacial score (nSPS) is 12.3. The standard InChI is InChI=1S/C27H40N2O6/c1-3-5-7-13-24(20-22-11-8-6-9-12-22)27(33)35-18-15-29-26(32)23(10-4-2)21-25(31)28-14-17-34-19-16-30/h3-4,6,8-9,11-12,23-24,30H,1-2,5,7,10,13-21H2,(H,28,31)(H,29,32)/t23-,24+/m0/s1. The van der Waals surface area contributed by atoms with E-state index in [0.29, 0.717) is 25.8 Å². The van der Waals surface area contributed by atoms with Crippen LogP contribution in [-0.4, -0.2) is 62.4 Å². The zero-order valence-electron chi connectivity index (χ0n) is 20.6. The summed E-state index contributed by atoms with van der Waals surface area (Å²) in [5.74, 6) is -1.66. The molecular formula is C27H40N2O6. The number of allylic oxidation sites excluding steroid dienone is 2. The highest BCUT2D eigenvalue weighted by Crippen LogP contribution is 2.17. The number of nitrogens with one attached hydrogen (secondary N) is 2. The lowest BCUT2D eigenvalue weighted by atomic mass is 9.94. The average molecular weight is 489 g/mol. The van der Waals surface area contributed by atoms with Crippen LogP contribution in [0.1, 0.15) is 37.7 Å². The molecule has 0 bridgehead atoms. The molecule has 0 aliphatic heterocycles. The number of esters is 1. The zero-order valence-corrected chi connectivity index (χ0v) is 20.6. The van der Waals surface area contributed by atoms with Crippen LogP contribution in [0.25, 0.3) is 0 Å². The predicted molar refractivity (Wildman–Crippen MR) is 135 cm³/mol. The summed E-state index contributed by atoms with van der Waals surface area (Å²) in [4.78, 5) is 37.3. The molecule has 1 aromatic rings. The second kappa shape index (κ2) is 19.3. The van der Waals surface area contributed by atoms with Crippen molar-refractivity contribution in [3.8, 4) is 0 Å². The van der Waals surface area contributed by atoms with Crippen molar-refractivity contribution in [2.75, 3.05) is 39.5 Å². The third-order valence-corrected chi connectivity index (χ3v) is 5.32. The van der Waals surface area contributed by atoms with Gasteiger partial charge in [-0.3, -0.25) is 14.4 Å². The Morgan fingerprint density at radius 3 is 2.40 bits per heavy atom. The lowest BCUT2D eigenvalue weighted by Crippen LogP contribution is -2.37. The summed E-state index contributed by atoms with van der Waals surface area (Å²) in [6, 6.07) is 9.82. The largest absolute Gasteiger partial charge is 0.464 e. The van der Waals surface area contributed by atoms with Crippen molar-refractivity contribution in [3.63, 3.8) is 0 Å². The van der Waals surface area contributed by atoms with Gasteiger partial charge in [-0.25, -0.2) is 0 Å². The Morgan fingerprint density at radius 2 is 1.71 bits per heavy atom. The molecule has 0 fully saturated rings. The van der Waals surface area contributed by atoms with Crippen LogP contribution >= 0.6 is 0 Å². The average Bonchev–Trinajstić information content (AvgIpc) is 2.86. The van der Waals surface area contributed by atoms with Gasteiger partial charge in [-0.15, -0.1) is 13.2 Å². The van der Waals surface area contributed by atoms with Gasteiger partial charge in [0.15, 0.2) is 0 Å². The summed E-state index contributed by atoms with van der Waals surface area (Å²) in [6.07, 6.45) is 6.79. The number of hydrogen-bond donors (Lipinski definition) is 3. The number of unbranched alkanes of at least 4 members (excludes halogenated alkanes) is 1. The van der Waals surface area contributed by atoms with Crippen LogP contribution in [-0.2, 0) is 30.3 Å². The van der Waals surface area contributed by atoms with E-state index in [-0.39, 0.29) is 63.1 Å². The molecule has 0 radical (unpaired) electrons. The molecule has 35 heavy (non-hydrogen) atoms. The first-order valence-corrected chi connectivity index (χ1v) is 12.2. The van der Waals surface area contributed by atoms with Crippen LogP contribution in [0.3, 0.4) is 0 Å². The van der Waals surface area contributed by atoms with Crippen LogP contribution in [0.2, 0.25) is 0 Å². The maximum atomic E-state index is 12.7. The molecule has 1 aromatic carbocycles. The zero-order chi connectivity index (χ0) is 25.7. The first kappa shape index (κ1) is 30.1. The minimum atomic E-state index is -0.564. The van der Waals surface area contributed by atoms with Gasteiger partial charge in [0.05, 0.1) is 38.2 Å². The summed E-state index contributed by atoms with van der Waals surface area (Å²) < 4.78 is 10.5. The van der Waals surface area contributed by atoms with E-state index in [9.17, 15) is 14.4 Å². The Morgan fingerprint density at radius 1 is 0.971 bits per heavy atom. The molecule has 0 heterocycles. The molecular weight excluding hydrogens is 448 g/mol. The number of carbonyl (C=O) groups is 3. The Kier molecular flexibility index (Phi) is 16.6. The quantitative estimate of drug-likeness (QED) is 0.148. The van der Waals surface area contributed by atoms with Gasteiger partial charge in [0.2, 0.25) is 11.8 Å². The topological polar surface area (TPSA) is 114 Å². The number of ether oxygens (including phenoxy) is 2. The van der Waals surface area contributed by atoms with E-state index in [1.165, 1.54) is 0 Å². The smallest absolute Gasteiger partial charge is 0.309 e. The Bertz CT molecular complexity index is 768. The van der Waals surface area contributed by atoms with Crippen molar-refractivity contribution < 1.29 is 29.0 Å². The molecule has 2 amide bonds. The number of hydrogen-bond acceptors (Lipinski definition) is 6. The van der Waals surface area contributed by atoms with Gasteiger partial charge in [-0.1, -0.05) is 42.5 Å². The third-order valence-electron chi connectivity index (χ3n) is 5.32. The predicted octanol–water partition coefficient (Wildman–Crippen LogP) is 2.57. The molecule has 0 aliphatic rings. The molecule has 0 aliphatic carbocycles. The number of aliphatic hydroxyl groups excluding tert-OH is 1. The van der Waals surface area contributed by atoms with Crippen molar-refractivity contribution in [1.29, 1.82) is 0 Å². The molecule has 194 valence electrons. The van der Waals surface area contributed by atoms with E-state index in [1.807, 2.05) is 36.4 Å². The number of benzene rings is 1. The Labute approximate surface area is 208 Å². The maximum absolute atomic E-state index is 12.7. The van der Waals surface area contributed by atoms with Crippen LogP contribution in [0.15, 0.2) is 55.6 Å². The minimum Gasteiger partial charge on any atom is -0.464 e. The van der Waals surface area contributed by atoms with E-state index >= 15 is 0 Å². The first-order chi connectivity index (χ1) is 17.0.